The smallest absolute Gasteiger partial charge is 0.407 e. The lowest BCUT2D eigenvalue weighted by Gasteiger charge is -2.26. The molecular formula is C15H20BrF2NO3. The monoisotopic (exact) mass is 379 g/mol. The van der Waals surface area contributed by atoms with Gasteiger partial charge in [0.25, 0.3) is 0 Å². The molecule has 0 fully saturated rings. The Morgan fingerprint density at radius 3 is 2.32 bits per heavy atom. The average molecular weight is 380 g/mol. The van der Waals surface area contributed by atoms with E-state index in [9.17, 15) is 18.7 Å². The Hall–Kier alpha value is -1.21. The zero-order valence-electron chi connectivity index (χ0n) is 12.7. The number of alkyl halides is 1. The topological polar surface area (TPSA) is 58.6 Å². The molecule has 2 atom stereocenters. The fourth-order valence-electron chi connectivity index (χ4n) is 1.83. The van der Waals surface area contributed by atoms with Gasteiger partial charge in [-0.3, -0.25) is 0 Å². The van der Waals surface area contributed by atoms with Gasteiger partial charge >= 0.3 is 6.09 Å². The van der Waals surface area contributed by atoms with E-state index < -0.39 is 35.5 Å². The highest BCUT2D eigenvalue weighted by Crippen LogP contribution is 2.14. The van der Waals surface area contributed by atoms with E-state index in [1.54, 1.807) is 20.8 Å². The molecule has 0 aliphatic rings. The van der Waals surface area contributed by atoms with Crippen LogP contribution in [0.15, 0.2) is 18.2 Å². The second kappa shape index (κ2) is 7.87. The molecule has 124 valence electrons. The van der Waals surface area contributed by atoms with Crippen LogP contribution in [0.3, 0.4) is 0 Å². The maximum Gasteiger partial charge on any atom is 0.407 e. The number of hydrogen-bond donors (Lipinski definition) is 2. The van der Waals surface area contributed by atoms with E-state index in [-0.39, 0.29) is 11.8 Å². The van der Waals surface area contributed by atoms with Crippen LogP contribution in [0.2, 0.25) is 0 Å². The Morgan fingerprint density at radius 1 is 1.32 bits per heavy atom. The van der Waals surface area contributed by atoms with Crippen LogP contribution in [-0.2, 0) is 11.2 Å². The molecule has 0 saturated heterocycles. The quantitative estimate of drug-likeness (QED) is 0.772. The largest absolute Gasteiger partial charge is 0.444 e. The third kappa shape index (κ3) is 6.70. The Balaban J connectivity index is 2.82. The zero-order valence-corrected chi connectivity index (χ0v) is 14.3. The minimum atomic E-state index is -0.932. The second-order valence-corrected chi connectivity index (χ2v) is 6.60. The van der Waals surface area contributed by atoms with Gasteiger partial charge in [0.15, 0.2) is 0 Å². The first kappa shape index (κ1) is 18.8. The average Bonchev–Trinajstić information content (AvgIpc) is 2.33. The van der Waals surface area contributed by atoms with E-state index in [2.05, 4.69) is 21.2 Å². The van der Waals surface area contributed by atoms with E-state index in [0.717, 1.165) is 18.2 Å². The maximum atomic E-state index is 13.2. The lowest BCUT2D eigenvalue weighted by molar-refractivity contribution is 0.0442. The van der Waals surface area contributed by atoms with Crippen molar-refractivity contribution in [1.29, 1.82) is 0 Å². The number of nitrogens with one attached hydrogen (secondary N) is 1. The molecule has 0 aromatic heterocycles. The minimum Gasteiger partial charge on any atom is -0.444 e. The molecule has 0 saturated carbocycles. The van der Waals surface area contributed by atoms with Crippen molar-refractivity contribution < 1.29 is 23.4 Å². The predicted molar refractivity (Wildman–Crippen MR) is 83.0 cm³/mol. The highest BCUT2D eigenvalue weighted by Gasteiger charge is 2.24. The SMILES string of the molecule is CC(C)(C)OC(=O)N[C@@H](Cc1cc(F)cc(F)c1)[C@@H](O)CBr. The van der Waals surface area contributed by atoms with Gasteiger partial charge in [0.1, 0.15) is 17.2 Å². The number of carbonyl (C=O) groups is 1. The van der Waals surface area contributed by atoms with E-state index in [1.807, 2.05) is 0 Å². The standard InChI is InChI=1S/C15H20BrF2NO3/c1-15(2,3)22-14(21)19-12(13(20)8-16)6-9-4-10(17)7-11(18)5-9/h4-5,7,12-13,20H,6,8H2,1-3H3,(H,19,21)/t12-,13-/m0/s1. The highest BCUT2D eigenvalue weighted by atomic mass is 79.9. The summed E-state index contributed by atoms with van der Waals surface area (Å²) in [5.74, 6) is -1.42. The first-order chi connectivity index (χ1) is 10.1. The number of benzene rings is 1. The van der Waals surface area contributed by atoms with Crippen LogP contribution in [0.1, 0.15) is 26.3 Å². The van der Waals surface area contributed by atoms with Crippen LogP contribution in [0.25, 0.3) is 0 Å². The van der Waals surface area contributed by atoms with Gasteiger partial charge in [-0.25, -0.2) is 13.6 Å². The van der Waals surface area contributed by atoms with Crippen molar-refractivity contribution in [1.82, 2.24) is 5.32 Å². The Kier molecular flexibility index (Phi) is 6.74. The summed E-state index contributed by atoms with van der Waals surface area (Å²) in [4.78, 5) is 11.8. The zero-order chi connectivity index (χ0) is 16.9. The molecule has 0 heterocycles. The van der Waals surface area contributed by atoms with Crippen LogP contribution in [0.4, 0.5) is 13.6 Å². The summed E-state index contributed by atoms with van der Waals surface area (Å²) in [5, 5.41) is 12.7. The summed E-state index contributed by atoms with van der Waals surface area (Å²) in [7, 11) is 0. The summed E-state index contributed by atoms with van der Waals surface area (Å²) in [5.41, 5.74) is -0.350. The molecule has 1 aromatic carbocycles. The van der Waals surface area contributed by atoms with Crippen LogP contribution >= 0.6 is 15.9 Å². The molecule has 1 aromatic rings. The number of ether oxygens (including phenoxy) is 1. The number of carbonyl (C=O) groups excluding carboxylic acids is 1. The van der Waals surface area contributed by atoms with Gasteiger partial charge in [-0.1, -0.05) is 15.9 Å². The van der Waals surface area contributed by atoms with Gasteiger partial charge in [-0.05, 0) is 44.9 Å². The summed E-state index contributed by atoms with van der Waals surface area (Å²) in [6.07, 6.45) is -1.56. The molecule has 2 N–H and O–H groups in total. The number of halogens is 3. The third-order valence-electron chi connectivity index (χ3n) is 2.70. The fraction of sp³-hybridized carbons (Fsp3) is 0.533. The third-order valence-corrected chi connectivity index (χ3v) is 3.37. The summed E-state index contributed by atoms with van der Waals surface area (Å²) in [6, 6.07) is 2.35. The number of alkyl carbamates (subject to hydrolysis) is 1. The lowest BCUT2D eigenvalue weighted by Crippen LogP contribution is -2.47. The molecule has 7 heteroatoms. The number of aliphatic hydroxyl groups is 1. The fourth-order valence-corrected chi connectivity index (χ4v) is 2.28. The highest BCUT2D eigenvalue weighted by molar-refractivity contribution is 9.09. The lowest BCUT2D eigenvalue weighted by atomic mass is 10.0. The molecule has 4 nitrogen and oxygen atoms in total. The molecule has 0 spiro atoms. The van der Waals surface area contributed by atoms with Gasteiger partial charge in [-0.15, -0.1) is 0 Å². The van der Waals surface area contributed by atoms with E-state index in [0.29, 0.717) is 5.56 Å². The van der Waals surface area contributed by atoms with Crippen LogP contribution in [0.5, 0.6) is 0 Å². The van der Waals surface area contributed by atoms with Crippen molar-refractivity contribution in [2.75, 3.05) is 5.33 Å². The Morgan fingerprint density at radius 2 is 1.86 bits per heavy atom. The first-order valence-electron chi connectivity index (χ1n) is 6.79. The van der Waals surface area contributed by atoms with Gasteiger partial charge in [0.05, 0.1) is 12.1 Å². The van der Waals surface area contributed by atoms with Gasteiger partial charge in [0, 0.05) is 11.4 Å². The van der Waals surface area contributed by atoms with Crippen LogP contribution < -0.4 is 5.32 Å². The first-order valence-corrected chi connectivity index (χ1v) is 7.91. The number of aliphatic hydroxyl groups excluding tert-OH is 1. The van der Waals surface area contributed by atoms with E-state index in [1.165, 1.54) is 0 Å². The number of rotatable bonds is 5. The molecule has 22 heavy (non-hydrogen) atoms. The van der Waals surface area contributed by atoms with Gasteiger partial charge < -0.3 is 15.2 Å². The van der Waals surface area contributed by atoms with Crippen molar-refractivity contribution in [2.45, 2.75) is 44.9 Å². The predicted octanol–water partition coefficient (Wildman–Crippen LogP) is 3.16. The van der Waals surface area contributed by atoms with Crippen LogP contribution in [0, 0.1) is 11.6 Å². The maximum absolute atomic E-state index is 13.2. The van der Waals surface area contributed by atoms with Crippen molar-refractivity contribution in [3.05, 3.63) is 35.4 Å². The van der Waals surface area contributed by atoms with Crippen molar-refractivity contribution in [3.63, 3.8) is 0 Å². The van der Waals surface area contributed by atoms with Gasteiger partial charge in [-0.2, -0.15) is 0 Å². The van der Waals surface area contributed by atoms with Crippen molar-refractivity contribution >= 4 is 22.0 Å². The van der Waals surface area contributed by atoms with Crippen LogP contribution in [-0.4, -0.2) is 34.3 Å². The second-order valence-electron chi connectivity index (χ2n) is 5.96. The Bertz CT molecular complexity index is 500. The molecule has 0 bridgehead atoms. The molecule has 1 amide bonds. The molecule has 0 aliphatic heterocycles. The summed E-state index contributed by atoms with van der Waals surface area (Å²) < 4.78 is 31.6. The van der Waals surface area contributed by atoms with E-state index >= 15 is 0 Å². The summed E-state index contributed by atoms with van der Waals surface area (Å²) in [6.45, 7) is 5.14. The number of hydrogen-bond acceptors (Lipinski definition) is 3. The Labute approximate surface area is 137 Å². The number of amides is 1. The molecular weight excluding hydrogens is 360 g/mol. The molecule has 0 aliphatic carbocycles. The van der Waals surface area contributed by atoms with E-state index in [4.69, 9.17) is 4.74 Å². The van der Waals surface area contributed by atoms with Crippen molar-refractivity contribution in [2.24, 2.45) is 0 Å². The molecule has 0 unspecified atom stereocenters. The summed E-state index contributed by atoms with van der Waals surface area (Å²) >= 11 is 3.12. The molecule has 1 rings (SSSR count). The van der Waals surface area contributed by atoms with Gasteiger partial charge in [0.2, 0.25) is 0 Å². The normalized spacial score (nSPS) is 14.3. The van der Waals surface area contributed by atoms with Crippen molar-refractivity contribution in [3.8, 4) is 0 Å². The minimum absolute atomic E-state index is 0.0701. The molecule has 0 radical (unpaired) electrons.